The topological polar surface area (TPSA) is 93.1 Å². The molecule has 0 bridgehead atoms. The number of rotatable bonds is 4. The van der Waals surface area contributed by atoms with Crippen LogP contribution >= 0.6 is 0 Å². The number of hydrogen-bond donors (Lipinski definition) is 2. The molecular weight excluding hydrogens is 348 g/mol. The lowest BCUT2D eigenvalue weighted by molar-refractivity contribution is -0.122. The van der Waals surface area contributed by atoms with E-state index in [0.29, 0.717) is 23.3 Å². The van der Waals surface area contributed by atoms with Crippen LogP contribution in [0.15, 0.2) is 42.0 Å². The van der Waals surface area contributed by atoms with E-state index < -0.39 is 17.7 Å². The predicted octanol–water partition coefficient (Wildman–Crippen LogP) is 3.50. The van der Waals surface area contributed by atoms with E-state index in [0.717, 1.165) is 5.57 Å². The predicted molar refractivity (Wildman–Crippen MR) is 98.6 cm³/mol. The second-order valence-electron chi connectivity index (χ2n) is 6.55. The van der Waals surface area contributed by atoms with Crippen molar-refractivity contribution in [3.05, 3.63) is 58.7 Å². The van der Waals surface area contributed by atoms with Crippen molar-refractivity contribution in [2.45, 2.75) is 26.4 Å². The molecule has 2 aromatic rings. The number of allylic oxidation sites excluding steroid dienone is 2. The fourth-order valence-electron chi connectivity index (χ4n) is 2.98. The number of carbonyl (C=O) groups excluding carboxylic acids is 2. The zero-order valence-electron chi connectivity index (χ0n) is 15.3. The van der Waals surface area contributed by atoms with Gasteiger partial charge in [-0.1, -0.05) is 23.8 Å². The molecule has 0 fully saturated rings. The summed E-state index contributed by atoms with van der Waals surface area (Å²) < 4.78 is 11.3. The van der Waals surface area contributed by atoms with Crippen molar-refractivity contribution in [3.8, 4) is 23.0 Å². The number of methoxy groups -OCH3 is 1. The highest BCUT2D eigenvalue weighted by Crippen LogP contribution is 2.45. The number of phenolic OH excluding ortho intramolecular Hbond substituents is 2. The number of ether oxygens (including phenoxy) is 2. The van der Waals surface area contributed by atoms with Crippen molar-refractivity contribution in [2.75, 3.05) is 7.11 Å². The Morgan fingerprint density at radius 1 is 1.19 bits per heavy atom. The van der Waals surface area contributed by atoms with E-state index in [1.165, 1.54) is 37.4 Å². The van der Waals surface area contributed by atoms with Crippen molar-refractivity contribution < 1.29 is 29.3 Å². The number of hydrogen-bond acceptors (Lipinski definition) is 6. The van der Waals surface area contributed by atoms with E-state index in [-0.39, 0.29) is 22.8 Å². The third-order valence-electron chi connectivity index (χ3n) is 4.38. The van der Waals surface area contributed by atoms with Gasteiger partial charge in [0.1, 0.15) is 28.6 Å². The van der Waals surface area contributed by atoms with Crippen LogP contribution in [0.4, 0.5) is 0 Å². The van der Waals surface area contributed by atoms with Crippen LogP contribution in [-0.4, -0.2) is 28.9 Å². The van der Waals surface area contributed by atoms with Crippen LogP contribution in [-0.2, 0) is 11.2 Å². The van der Waals surface area contributed by atoms with Gasteiger partial charge in [0, 0.05) is 17.2 Å². The Kier molecular flexibility index (Phi) is 4.90. The minimum Gasteiger partial charge on any atom is -0.508 e. The highest BCUT2D eigenvalue weighted by molar-refractivity contribution is 6.47. The first-order valence-electron chi connectivity index (χ1n) is 8.43. The van der Waals surface area contributed by atoms with Crippen molar-refractivity contribution in [2.24, 2.45) is 0 Å². The summed E-state index contributed by atoms with van der Waals surface area (Å²) in [5.74, 6) is -1.39. The molecule has 3 rings (SSSR count). The smallest absolute Gasteiger partial charge is 0.248 e. The van der Waals surface area contributed by atoms with E-state index in [1.807, 2.05) is 19.9 Å². The maximum Gasteiger partial charge on any atom is 0.248 e. The molecule has 27 heavy (non-hydrogen) atoms. The Morgan fingerprint density at radius 3 is 2.44 bits per heavy atom. The SMILES string of the molecule is COc1cc(O)c2c(c1CC=C(C)C)OC(c1ccc(O)cc1)C(=O)C2=O. The van der Waals surface area contributed by atoms with E-state index in [2.05, 4.69) is 0 Å². The lowest BCUT2D eigenvalue weighted by Gasteiger charge is -2.27. The standard InChI is InChI=1S/C21H20O6/c1-11(2)4-9-14-16(26-3)10-15(23)17-18(24)19(25)20(27-21(14)17)12-5-7-13(22)8-6-12/h4-8,10,20,22-23H,9H2,1-3H3. The van der Waals surface area contributed by atoms with Crippen LogP contribution in [0.25, 0.3) is 0 Å². The molecule has 2 aromatic carbocycles. The third kappa shape index (κ3) is 3.38. The van der Waals surface area contributed by atoms with Crippen LogP contribution < -0.4 is 9.47 Å². The summed E-state index contributed by atoms with van der Waals surface area (Å²) in [6, 6.07) is 7.19. The molecule has 0 saturated heterocycles. The molecule has 0 amide bonds. The number of phenols is 2. The van der Waals surface area contributed by atoms with Gasteiger partial charge in [-0.15, -0.1) is 0 Å². The fourth-order valence-corrected chi connectivity index (χ4v) is 2.98. The van der Waals surface area contributed by atoms with Gasteiger partial charge in [-0.3, -0.25) is 9.59 Å². The lowest BCUT2D eigenvalue weighted by Crippen LogP contribution is -2.32. The van der Waals surface area contributed by atoms with E-state index in [4.69, 9.17) is 9.47 Å². The highest BCUT2D eigenvalue weighted by atomic mass is 16.5. The van der Waals surface area contributed by atoms with Crippen molar-refractivity contribution >= 4 is 11.6 Å². The first kappa shape index (κ1) is 18.5. The fraction of sp³-hybridized carbons (Fsp3) is 0.238. The molecule has 1 atom stereocenters. The van der Waals surface area contributed by atoms with Crippen LogP contribution in [0.3, 0.4) is 0 Å². The normalized spacial score (nSPS) is 15.7. The number of benzene rings is 2. The summed E-state index contributed by atoms with van der Waals surface area (Å²) in [4.78, 5) is 25.2. The Balaban J connectivity index is 2.17. The zero-order valence-corrected chi connectivity index (χ0v) is 15.3. The summed E-state index contributed by atoms with van der Waals surface area (Å²) in [6.07, 6.45) is 1.20. The van der Waals surface area contributed by atoms with Gasteiger partial charge < -0.3 is 19.7 Å². The van der Waals surface area contributed by atoms with Gasteiger partial charge in [0.05, 0.1) is 7.11 Å². The molecule has 6 nitrogen and oxygen atoms in total. The minimum atomic E-state index is -1.15. The van der Waals surface area contributed by atoms with Crippen molar-refractivity contribution in [1.82, 2.24) is 0 Å². The molecular formula is C21H20O6. The molecule has 1 aliphatic rings. The molecule has 1 aliphatic heterocycles. The van der Waals surface area contributed by atoms with E-state index >= 15 is 0 Å². The molecule has 0 spiro atoms. The van der Waals surface area contributed by atoms with Crippen LogP contribution in [0.1, 0.15) is 41.4 Å². The summed E-state index contributed by atoms with van der Waals surface area (Å²) >= 11 is 0. The van der Waals surface area contributed by atoms with E-state index in [9.17, 15) is 19.8 Å². The summed E-state index contributed by atoms with van der Waals surface area (Å²) in [5.41, 5.74) is 1.93. The Bertz CT molecular complexity index is 936. The first-order valence-corrected chi connectivity index (χ1v) is 8.43. The molecule has 0 saturated carbocycles. The van der Waals surface area contributed by atoms with E-state index in [1.54, 1.807) is 0 Å². The minimum absolute atomic E-state index is 0.0392. The second kappa shape index (κ2) is 7.15. The number of fused-ring (bicyclic) bond motifs is 1. The van der Waals surface area contributed by atoms with Gasteiger partial charge in [0.15, 0.2) is 6.10 Å². The van der Waals surface area contributed by atoms with Crippen LogP contribution in [0.2, 0.25) is 0 Å². The Labute approximate surface area is 156 Å². The molecule has 6 heteroatoms. The molecule has 0 aromatic heterocycles. The monoisotopic (exact) mass is 368 g/mol. The summed E-state index contributed by atoms with van der Waals surface area (Å²) in [5, 5.41) is 19.7. The average Bonchev–Trinajstić information content (AvgIpc) is 2.63. The van der Waals surface area contributed by atoms with Gasteiger partial charge in [0.25, 0.3) is 0 Å². The molecule has 0 aliphatic carbocycles. The number of Topliss-reactive ketones (excluding diaryl/α,β-unsaturated/α-hetero) is 2. The maximum absolute atomic E-state index is 12.7. The Hall–Kier alpha value is -3.28. The molecule has 1 unspecified atom stereocenters. The van der Waals surface area contributed by atoms with Crippen LogP contribution in [0, 0.1) is 0 Å². The third-order valence-corrected chi connectivity index (χ3v) is 4.38. The van der Waals surface area contributed by atoms with Gasteiger partial charge in [-0.2, -0.15) is 0 Å². The molecule has 0 radical (unpaired) electrons. The number of carbonyl (C=O) groups is 2. The van der Waals surface area contributed by atoms with Gasteiger partial charge >= 0.3 is 0 Å². The quantitative estimate of drug-likeness (QED) is 0.634. The Morgan fingerprint density at radius 2 is 1.85 bits per heavy atom. The van der Waals surface area contributed by atoms with Crippen LogP contribution in [0.5, 0.6) is 23.0 Å². The largest absolute Gasteiger partial charge is 0.508 e. The molecule has 140 valence electrons. The maximum atomic E-state index is 12.7. The number of aromatic hydroxyl groups is 2. The van der Waals surface area contributed by atoms with Gasteiger partial charge in [0.2, 0.25) is 11.6 Å². The highest BCUT2D eigenvalue weighted by Gasteiger charge is 2.40. The average molecular weight is 368 g/mol. The van der Waals surface area contributed by atoms with Gasteiger partial charge in [-0.25, -0.2) is 0 Å². The lowest BCUT2D eigenvalue weighted by atomic mass is 9.91. The second-order valence-corrected chi connectivity index (χ2v) is 6.55. The summed E-state index contributed by atoms with van der Waals surface area (Å²) in [7, 11) is 1.46. The van der Waals surface area contributed by atoms with Gasteiger partial charge in [-0.05, 0) is 32.4 Å². The summed E-state index contributed by atoms with van der Waals surface area (Å²) in [6.45, 7) is 3.88. The zero-order chi connectivity index (χ0) is 19.7. The van der Waals surface area contributed by atoms with Crippen molar-refractivity contribution in [1.29, 1.82) is 0 Å². The van der Waals surface area contributed by atoms with Crippen molar-refractivity contribution in [3.63, 3.8) is 0 Å². The first-order chi connectivity index (χ1) is 12.8. The molecule has 2 N–H and O–H groups in total. The number of ketones is 2. The molecule has 1 heterocycles.